The van der Waals surface area contributed by atoms with Crippen LogP contribution in [-0.2, 0) is 21.2 Å². The molecule has 1 atom stereocenters. The Labute approximate surface area is 147 Å². The maximum absolute atomic E-state index is 12.3. The molecule has 2 aromatic carbocycles. The number of carbonyl (C=O) groups is 1. The standard InChI is InChI=1S/C18H21NO5S/c1-3-14-4-10-17(11-5-14)25(22,23)19-13(2)12-24-18(21)15-6-8-16(20)9-7-15/h4-11,13,19-20H,3,12H2,1-2H3. The number of phenolic OH excluding ortho intramolecular Hbond substituents is 1. The zero-order valence-electron chi connectivity index (χ0n) is 14.1. The number of ether oxygens (including phenoxy) is 1. The summed E-state index contributed by atoms with van der Waals surface area (Å²) in [5.41, 5.74) is 1.33. The Kier molecular flexibility index (Phi) is 6.17. The molecule has 6 nitrogen and oxygen atoms in total. The molecular weight excluding hydrogens is 342 g/mol. The van der Waals surface area contributed by atoms with Crippen LogP contribution in [0.4, 0.5) is 0 Å². The summed E-state index contributed by atoms with van der Waals surface area (Å²) in [6.07, 6.45) is 0.831. The third kappa shape index (κ3) is 5.30. The Balaban J connectivity index is 1.93. The van der Waals surface area contributed by atoms with Crippen molar-refractivity contribution in [2.45, 2.75) is 31.2 Å². The summed E-state index contributed by atoms with van der Waals surface area (Å²) in [5.74, 6) is -0.537. The molecule has 0 saturated heterocycles. The fourth-order valence-corrected chi connectivity index (χ4v) is 3.38. The molecule has 0 saturated carbocycles. The van der Waals surface area contributed by atoms with Crippen LogP contribution < -0.4 is 4.72 Å². The second-order valence-corrected chi connectivity index (χ2v) is 7.38. The second-order valence-electron chi connectivity index (χ2n) is 5.67. The molecule has 7 heteroatoms. The van der Waals surface area contributed by atoms with Crippen molar-refractivity contribution in [3.63, 3.8) is 0 Å². The van der Waals surface area contributed by atoms with E-state index in [1.807, 2.05) is 6.92 Å². The molecule has 0 radical (unpaired) electrons. The maximum Gasteiger partial charge on any atom is 0.338 e. The highest BCUT2D eigenvalue weighted by molar-refractivity contribution is 7.89. The lowest BCUT2D eigenvalue weighted by Gasteiger charge is -2.15. The second kappa shape index (κ2) is 8.13. The summed E-state index contributed by atoms with van der Waals surface area (Å²) in [7, 11) is -3.68. The Morgan fingerprint density at radius 3 is 2.28 bits per heavy atom. The monoisotopic (exact) mass is 363 g/mol. The Morgan fingerprint density at radius 2 is 1.72 bits per heavy atom. The number of carbonyl (C=O) groups excluding carboxylic acids is 1. The van der Waals surface area contributed by atoms with Crippen molar-refractivity contribution in [3.8, 4) is 5.75 Å². The summed E-state index contributed by atoms with van der Waals surface area (Å²) in [5, 5.41) is 9.20. The van der Waals surface area contributed by atoms with E-state index in [1.165, 1.54) is 24.3 Å². The molecule has 0 spiro atoms. The van der Waals surface area contributed by atoms with Crippen LogP contribution in [-0.4, -0.2) is 32.1 Å². The Bertz CT molecular complexity index is 814. The van der Waals surface area contributed by atoms with E-state index in [9.17, 15) is 18.3 Å². The van der Waals surface area contributed by atoms with Crippen LogP contribution >= 0.6 is 0 Å². The summed E-state index contributed by atoms with van der Waals surface area (Å²) in [6, 6.07) is 11.7. The summed E-state index contributed by atoms with van der Waals surface area (Å²) in [4.78, 5) is 12.1. The van der Waals surface area contributed by atoms with Crippen LogP contribution in [0.5, 0.6) is 5.75 Å². The third-order valence-electron chi connectivity index (χ3n) is 3.57. The molecular formula is C18H21NO5S. The lowest BCUT2D eigenvalue weighted by atomic mass is 10.2. The third-order valence-corrected chi connectivity index (χ3v) is 5.17. The van der Waals surface area contributed by atoms with Crippen LogP contribution in [0.25, 0.3) is 0 Å². The molecule has 0 aromatic heterocycles. The van der Waals surface area contributed by atoms with Gasteiger partial charge in [-0.15, -0.1) is 0 Å². The molecule has 0 aliphatic carbocycles. The molecule has 0 fully saturated rings. The van der Waals surface area contributed by atoms with Crippen molar-refractivity contribution in [2.24, 2.45) is 0 Å². The van der Waals surface area contributed by atoms with Gasteiger partial charge in [0.2, 0.25) is 10.0 Å². The smallest absolute Gasteiger partial charge is 0.338 e. The normalized spacial score (nSPS) is 12.6. The van der Waals surface area contributed by atoms with Gasteiger partial charge in [0.1, 0.15) is 12.4 Å². The van der Waals surface area contributed by atoms with Gasteiger partial charge in [0.05, 0.1) is 16.5 Å². The zero-order valence-corrected chi connectivity index (χ0v) is 14.9. The van der Waals surface area contributed by atoms with E-state index in [4.69, 9.17) is 4.74 Å². The average molecular weight is 363 g/mol. The van der Waals surface area contributed by atoms with E-state index in [0.29, 0.717) is 0 Å². The van der Waals surface area contributed by atoms with Gasteiger partial charge in [-0.2, -0.15) is 0 Å². The first-order chi connectivity index (χ1) is 11.8. The first-order valence-corrected chi connectivity index (χ1v) is 9.37. The molecule has 1 unspecified atom stereocenters. The van der Waals surface area contributed by atoms with E-state index >= 15 is 0 Å². The van der Waals surface area contributed by atoms with Crippen LogP contribution in [0.3, 0.4) is 0 Å². The minimum Gasteiger partial charge on any atom is -0.508 e. The molecule has 2 rings (SSSR count). The van der Waals surface area contributed by atoms with Gasteiger partial charge in [0.25, 0.3) is 0 Å². The number of benzene rings is 2. The summed E-state index contributed by atoms with van der Waals surface area (Å²) >= 11 is 0. The van der Waals surface area contributed by atoms with Crippen molar-refractivity contribution in [1.29, 1.82) is 0 Å². The van der Waals surface area contributed by atoms with Crippen molar-refractivity contribution in [3.05, 3.63) is 59.7 Å². The highest BCUT2D eigenvalue weighted by Gasteiger charge is 2.18. The molecule has 134 valence electrons. The van der Waals surface area contributed by atoms with E-state index in [1.54, 1.807) is 31.2 Å². The number of sulfonamides is 1. The van der Waals surface area contributed by atoms with Gasteiger partial charge in [0, 0.05) is 0 Å². The number of aryl methyl sites for hydroxylation is 1. The molecule has 2 N–H and O–H groups in total. The van der Waals surface area contributed by atoms with E-state index in [2.05, 4.69) is 4.72 Å². The van der Waals surface area contributed by atoms with Crippen LogP contribution in [0.1, 0.15) is 29.8 Å². The average Bonchev–Trinajstić information content (AvgIpc) is 2.60. The van der Waals surface area contributed by atoms with E-state index in [-0.39, 0.29) is 22.8 Å². The van der Waals surface area contributed by atoms with Gasteiger partial charge in [-0.25, -0.2) is 17.9 Å². The number of hydrogen-bond donors (Lipinski definition) is 2. The van der Waals surface area contributed by atoms with Gasteiger partial charge >= 0.3 is 5.97 Å². The first kappa shape index (κ1) is 19.0. The molecule has 25 heavy (non-hydrogen) atoms. The number of esters is 1. The lowest BCUT2D eigenvalue weighted by Crippen LogP contribution is -2.36. The highest BCUT2D eigenvalue weighted by atomic mass is 32.2. The quantitative estimate of drug-likeness (QED) is 0.737. The summed E-state index contributed by atoms with van der Waals surface area (Å²) < 4.78 is 32.2. The SMILES string of the molecule is CCc1ccc(S(=O)(=O)NC(C)COC(=O)c2ccc(O)cc2)cc1. The first-order valence-electron chi connectivity index (χ1n) is 7.89. The lowest BCUT2D eigenvalue weighted by molar-refractivity contribution is 0.0481. The van der Waals surface area contributed by atoms with Crippen molar-refractivity contribution < 1.29 is 23.1 Å². The Hall–Kier alpha value is -2.38. The van der Waals surface area contributed by atoms with Crippen molar-refractivity contribution >= 4 is 16.0 Å². The highest BCUT2D eigenvalue weighted by Crippen LogP contribution is 2.13. The number of phenols is 1. The van der Waals surface area contributed by atoms with Crippen molar-refractivity contribution in [1.82, 2.24) is 4.72 Å². The van der Waals surface area contributed by atoms with Gasteiger partial charge in [-0.3, -0.25) is 0 Å². The molecule has 0 bridgehead atoms. The van der Waals surface area contributed by atoms with Gasteiger partial charge in [0.15, 0.2) is 0 Å². The Morgan fingerprint density at radius 1 is 1.12 bits per heavy atom. The zero-order chi connectivity index (χ0) is 18.4. The predicted molar refractivity (Wildman–Crippen MR) is 94.0 cm³/mol. The topological polar surface area (TPSA) is 92.7 Å². The van der Waals surface area contributed by atoms with E-state index in [0.717, 1.165) is 12.0 Å². The largest absolute Gasteiger partial charge is 0.508 e. The van der Waals surface area contributed by atoms with Crippen LogP contribution in [0, 0.1) is 0 Å². The van der Waals surface area contributed by atoms with Crippen LogP contribution in [0.2, 0.25) is 0 Å². The fraction of sp³-hybridized carbons (Fsp3) is 0.278. The van der Waals surface area contributed by atoms with Gasteiger partial charge in [-0.05, 0) is 55.3 Å². The molecule has 0 aliphatic rings. The minimum absolute atomic E-state index is 0.0479. The van der Waals surface area contributed by atoms with E-state index < -0.39 is 22.0 Å². The number of rotatable bonds is 7. The van der Waals surface area contributed by atoms with Crippen LogP contribution in [0.15, 0.2) is 53.4 Å². The fourth-order valence-electron chi connectivity index (χ4n) is 2.15. The number of hydrogen-bond acceptors (Lipinski definition) is 5. The van der Waals surface area contributed by atoms with Gasteiger partial charge < -0.3 is 9.84 Å². The molecule has 0 aliphatic heterocycles. The minimum atomic E-state index is -3.68. The van der Waals surface area contributed by atoms with Crippen molar-refractivity contribution in [2.75, 3.05) is 6.61 Å². The number of nitrogens with one attached hydrogen (secondary N) is 1. The molecule has 0 heterocycles. The summed E-state index contributed by atoms with van der Waals surface area (Å²) in [6.45, 7) is 3.50. The molecule has 2 aromatic rings. The van der Waals surface area contributed by atoms with Gasteiger partial charge in [-0.1, -0.05) is 19.1 Å². The predicted octanol–water partition coefficient (Wildman–Crippen LogP) is 2.48. The maximum atomic E-state index is 12.3. The molecule has 0 amide bonds. The number of aromatic hydroxyl groups is 1.